The van der Waals surface area contributed by atoms with Crippen molar-refractivity contribution < 1.29 is 9.90 Å². The molecule has 104 valence electrons. The highest BCUT2D eigenvalue weighted by molar-refractivity contribution is 9.10. The van der Waals surface area contributed by atoms with Gasteiger partial charge in [0.2, 0.25) is 0 Å². The van der Waals surface area contributed by atoms with Crippen molar-refractivity contribution in [3.8, 4) is 0 Å². The molecule has 0 radical (unpaired) electrons. The molecule has 8 heteroatoms. The Balaban J connectivity index is 2.38. The third kappa shape index (κ3) is 3.17. The zero-order chi connectivity index (χ0) is 14.9. The summed E-state index contributed by atoms with van der Waals surface area (Å²) < 4.78 is 0.657. The highest BCUT2D eigenvalue weighted by atomic mass is 79.9. The summed E-state index contributed by atoms with van der Waals surface area (Å²) in [5, 5.41) is 12.6. The summed E-state index contributed by atoms with van der Waals surface area (Å²) in [4.78, 5) is 14.9. The zero-order valence-electron chi connectivity index (χ0n) is 9.62. The van der Waals surface area contributed by atoms with Gasteiger partial charge < -0.3 is 10.4 Å². The van der Waals surface area contributed by atoms with Gasteiger partial charge in [0.05, 0.1) is 20.8 Å². The molecule has 0 bridgehead atoms. The van der Waals surface area contributed by atoms with Crippen molar-refractivity contribution in [1.82, 2.24) is 4.98 Å². The maximum atomic E-state index is 11.0. The number of aromatic carboxylic acids is 1. The monoisotopic (exact) mass is 394 g/mol. The number of halogens is 4. The molecular formula is C12H6BrCl3N2O2. The lowest BCUT2D eigenvalue weighted by Crippen LogP contribution is -2.04. The van der Waals surface area contributed by atoms with Crippen LogP contribution in [0.3, 0.4) is 0 Å². The molecule has 0 aliphatic rings. The van der Waals surface area contributed by atoms with Gasteiger partial charge in [0.15, 0.2) is 5.69 Å². The first-order valence-electron chi connectivity index (χ1n) is 5.20. The number of carboxylic acids is 1. The Labute approximate surface area is 137 Å². The van der Waals surface area contributed by atoms with Gasteiger partial charge in [-0.1, -0.05) is 34.8 Å². The fraction of sp³-hybridized carbons (Fsp3) is 0. The normalized spacial score (nSPS) is 10.4. The number of carboxylic acid groups (broad SMARTS) is 1. The van der Waals surface area contributed by atoms with Crippen LogP contribution in [0.2, 0.25) is 15.1 Å². The quantitative estimate of drug-likeness (QED) is 0.696. The highest BCUT2D eigenvalue weighted by Gasteiger charge is 2.13. The van der Waals surface area contributed by atoms with Crippen LogP contribution >= 0.6 is 50.7 Å². The molecule has 0 saturated heterocycles. The Kier molecular flexibility index (Phi) is 4.75. The van der Waals surface area contributed by atoms with E-state index in [1.807, 2.05) is 0 Å². The number of hydrogen-bond acceptors (Lipinski definition) is 3. The maximum absolute atomic E-state index is 11.0. The van der Waals surface area contributed by atoms with Gasteiger partial charge in [-0.2, -0.15) is 0 Å². The van der Waals surface area contributed by atoms with Crippen LogP contribution in [0.5, 0.6) is 0 Å². The number of rotatable bonds is 3. The molecule has 0 aliphatic heterocycles. The van der Waals surface area contributed by atoms with Crippen molar-refractivity contribution in [2.75, 3.05) is 5.32 Å². The standard InChI is InChI=1S/C12H6BrCl3N2O2/c13-5-1-3-7(10(16)9(5)15)17-8-4-2-6(14)11(18-8)12(19)20/h1-4H,(H,17,18)(H,19,20). The molecule has 0 fully saturated rings. The Bertz CT molecular complexity index is 695. The molecule has 2 N–H and O–H groups in total. The molecule has 0 spiro atoms. The lowest BCUT2D eigenvalue weighted by molar-refractivity contribution is 0.0691. The molecule has 0 amide bonds. The summed E-state index contributed by atoms with van der Waals surface area (Å²) in [6.45, 7) is 0. The van der Waals surface area contributed by atoms with Gasteiger partial charge in [-0.25, -0.2) is 9.78 Å². The van der Waals surface area contributed by atoms with E-state index in [0.717, 1.165) is 0 Å². The smallest absolute Gasteiger partial charge is 0.356 e. The van der Waals surface area contributed by atoms with Crippen LogP contribution in [0.4, 0.5) is 11.5 Å². The molecule has 0 saturated carbocycles. The van der Waals surface area contributed by atoms with E-state index in [0.29, 0.717) is 26.0 Å². The minimum Gasteiger partial charge on any atom is -0.476 e. The number of pyridine rings is 1. The molecule has 1 aromatic heterocycles. The number of carbonyl (C=O) groups is 1. The predicted molar refractivity (Wildman–Crippen MR) is 83.7 cm³/mol. The van der Waals surface area contributed by atoms with E-state index in [1.165, 1.54) is 6.07 Å². The largest absolute Gasteiger partial charge is 0.476 e. The number of nitrogens with zero attached hydrogens (tertiary/aromatic N) is 1. The molecule has 20 heavy (non-hydrogen) atoms. The Hall–Kier alpha value is -1.01. The third-order valence-corrected chi connectivity index (χ3v) is 4.42. The SMILES string of the molecule is O=C(O)c1nc(Nc2ccc(Br)c(Cl)c2Cl)ccc1Cl. The highest BCUT2D eigenvalue weighted by Crippen LogP contribution is 2.37. The van der Waals surface area contributed by atoms with Crippen molar-refractivity contribution in [2.45, 2.75) is 0 Å². The Morgan fingerprint density at radius 1 is 1.15 bits per heavy atom. The van der Waals surface area contributed by atoms with Crippen molar-refractivity contribution in [3.05, 3.63) is 49.5 Å². The molecule has 2 aromatic rings. The van der Waals surface area contributed by atoms with Gasteiger partial charge >= 0.3 is 5.97 Å². The van der Waals surface area contributed by atoms with Gasteiger partial charge in [-0.3, -0.25) is 0 Å². The number of benzene rings is 1. The average Bonchev–Trinajstić information content (AvgIpc) is 2.41. The van der Waals surface area contributed by atoms with E-state index in [4.69, 9.17) is 39.9 Å². The first kappa shape index (κ1) is 15.4. The van der Waals surface area contributed by atoms with Gasteiger partial charge in [-0.15, -0.1) is 0 Å². The van der Waals surface area contributed by atoms with Gasteiger partial charge in [0.25, 0.3) is 0 Å². The summed E-state index contributed by atoms with van der Waals surface area (Å²) in [6, 6.07) is 6.38. The van der Waals surface area contributed by atoms with E-state index >= 15 is 0 Å². The van der Waals surface area contributed by atoms with E-state index in [9.17, 15) is 4.79 Å². The van der Waals surface area contributed by atoms with Gasteiger partial charge in [0, 0.05) is 4.47 Å². The topological polar surface area (TPSA) is 62.2 Å². The van der Waals surface area contributed by atoms with E-state index < -0.39 is 5.97 Å². The minimum atomic E-state index is -1.21. The predicted octanol–water partition coefficient (Wildman–Crippen LogP) is 5.25. The molecule has 4 nitrogen and oxygen atoms in total. The second-order valence-corrected chi connectivity index (χ2v) is 5.70. The van der Waals surface area contributed by atoms with Crippen LogP contribution in [-0.4, -0.2) is 16.1 Å². The van der Waals surface area contributed by atoms with Crippen molar-refractivity contribution in [2.24, 2.45) is 0 Å². The van der Waals surface area contributed by atoms with E-state index in [2.05, 4.69) is 26.2 Å². The number of anilines is 2. The van der Waals surface area contributed by atoms with Crippen LogP contribution in [0.25, 0.3) is 0 Å². The summed E-state index contributed by atoms with van der Waals surface area (Å²) in [5.74, 6) is -0.911. The number of hydrogen-bond donors (Lipinski definition) is 2. The van der Waals surface area contributed by atoms with Crippen LogP contribution < -0.4 is 5.32 Å². The fourth-order valence-electron chi connectivity index (χ4n) is 1.42. The molecule has 1 heterocycles. The van der Waals surface area contributed by atoms with Crippen LogP contribution in [0.15, 0.2) is 28.7 Å². The summed E-state index contributed by atoms with van der Waals surface area (Å²) in [5.41, 5.74) is 0.266. The second kappa shape index (κ2) is 6.18. The fourth-order valence-corrected chi connectivity index (χ4v) is 2.43. The first-order valence-corrected chi connectivity index (χ1v) is 7.13. The van der Waals surface area contributed by atoms with E-state index in [-0.39, 0.29) is 10.7 Å². The van der Waals surface area contributed by atoms with Crippen molar-refractivity contribution in [3.63, 3.8) is 0 Å². The molecule has 1 aromatic carbocycles. The molecule has 2 rings (SSSR count). The minimum absolute atomic E-state index is 0.0583. The Morgan fingerprint density at radius 2 is 1.85 bits per heavy atom. The number of aromatic nitrogens is 1. The van der Waals surface area contributed by atoms with Crippen molar-refractivity contribution >= 4 is 68.2 Å². The second-order valence-electron chi connectivity index (χ2n) is 3.68. The van der Waals surface area contributed by atoms with Gasteiger partial charge in [0.1, 0.15) is 5.82 Å². The van der Waals surface area contributed by atoms with Crippen molar-refractivity contribution in [1.29, 1.82) is 0 Å². The van der Waals surface area contributed by atoms with Crippen LogP contribution in [0.1, 0.15) is 10.5 Å². The van der Waals surface area contributed by atoms with E-state index in [1.54, 1.807) is 18.2 Å². The molecule has 0 aliphatic carbocycles. The molecule has 0 atom stereocenters. The first-order chi connectivity index (χ1) is 9.40. The molecule has 0 unspecified atom stereocenters. The summed E-state index contributed by atoms with van der Waals surface area (Å²) in [7, 11) is 0. The van der Waals surface area contributed by atoms with Crippen LogP contribution in [-0.2, 0) is 0 Å². The number of nitrogens with one attached hydrogen (secondary N) is 1. The summed E-state index contributed by atoms with van der Waals surface area (Å²) in [6.07, 6.45) is 0. The lowest BCUT2D eigenvalue weighted by atomic mass is 10.3. The lowest BCUT2D eigenvalue weighted by Gasteiger charge is -2.10. The third-order valence-electron chi connectivity index (χ3n) is 2.35. The Morgan fingerprint density at radius 3 is 2.50 bits per heavy atom. The average molecular weight is 396 g/mol. The zero-order valence-corrected chi connectivity index (χ0v) is 13.5. The summed E-state index contributed by atoms with van der Waals surface area (Å²) >= 11 is 21.1. The maximum Gasteiger partial charge on any atom is 0.356 e. The van der Waals surface area contributed by atoms with Gasteiger partial charge in [-0.05, 0) is 40.2 Å². The van der Waals surface area contributed by atoms with Crippen LogP contribution in [0, 0.1) is 0 Å². The molecular weight excluding hydrogens is 390 g/mol.